The predicted octanol–water partition coefficient (Wildman–Crippen LogP) is 2.08. The molecule has 0 spiro atoms. The van der Waals surface area contributed by atoms with E-state index < -0.39 is 5.41 Å². The first kappa shape index (κ1) is 12.2. The van der Waals surface area contributed by atoms with E-state index in [9.17, 15) is 5.26 Å². The first-order valence-corrected chi connectivity index (χ1v) is 6.74. The molecule has 2 fully saturated rings. The topological polar surface area (TPSA) is 39.9 Å². The summed E-state index contributed by atoms with van der Waals surface area (Å²) in [6.07, 6.45) is 13.1. The molecule has 96 valence electrons. The Balaban J connectivity index is 2.01. The number of rotatable bonds is 1. The predicted molar refractivity (Wildman–Crippen MR) is 73.3 cm³/mol. The minimum absolute atomic E-state index is 0.405. The molecule has 2 aliphatic rings. The van der Waals surface area contributed by atoms with E-state index in [1.807, 2.05) is 12.3 Å². The third-order valence-corrected chi connectivity index (χ3v) is 4.82. The second-order valence-corrected chi connectivity index (χ2v) is 5.76. The molecule has 3 heterocycles. The largest absolute Gasteiger partial charge is 0.300 e. The van der Waals surface area contributed by atoms with Crippen LogP contribution in [0.25, 0.3) is 0 Å². The summed E-state index contributed by atoms with van der Waals surface area (Å²) in [5, 5.41) is 9.76. The molecule has 3 atom stereocenters. The molecule has 0 radical (unpaired) electrons. The summed E-state index contributed by atoms with van der Waals surface area (Å²) < 4.78 is 0. The van der Waals surface area contributed by atoms with E-state index in [2.05, 4.69) is 28.9 Å². The summed E-state index contributed by atoms with van der Waals surface area (Å²) in [5.74, 6) is 2.61. The van der Waals surface area contributed by atoms with E-state index in [0.717, 1.165) is 24.0 Å². The molecular weight excluding hydrogens is 234 g/mol. The smallest absolute Gasteiger partial charge is 0.0867 e. The maximum Gasteiger partial charge on any atom is 0.0867 e. The SMILES string of the molecule is C#Cc1cncc([C@]2(C#N)C[C@H]3CC[C@@H](C2)N3C)c1. The van der Waals surface area contributed by atoms with Gasteiger partial charge in [0.25, 0.3) is 0 Å². The van der Waals surface area contributed by atoms with Crippen LogP contribution < -0.4 is 0 Å². The molecule has 2 saturated heterocycles. The number of fused-ring (bicyclic) bond motifs is 2. The minimum Gasteiger partial charge on any atom is -0.300 e. The molecule has 0 saturated carbocycles. The second-order valence-electron chi connectivity index (χ2n) is 5.76. The van der Waals surface area contributed by atoms with Crippen LogP contribution in [-0.2, 0) is 5.41 Å². The maximum absolute atomic E-state index is 9.76. The average molecular weight is 251 g/mol. The second kappa shape index (κ2) is 4.37. The normalized spacial score (nSPS) is 33.6. The third-order valence-electron chi connectivity index (χ3n) is 4.82. The van der Waals surface area contributed by atoms with E-state index in [0.29, 0.717) is 12.1 Å². The van der Waals surface area contributed by atoms with Gasteiger partial charge in [0.15, 0.2) is 0 Å². The van der Waals surface area contributed by atoms with Crippen LogP contribution in [0.4, 0.5) is 0 Å². The Morgan fingerprint density at radius 1 is 1.37 bits per heavy atom. The number of piperidine rings is 1. The van der Waals surface area contributed by atoms with Crippen molar-refractivity contribution >= 4 is 0 Å². The number of terminal acetylenes is 1. The number of nitrogens with zero attached hydrogens (tertiary/aromatic N) is 3. The third kappa shape index (κ3) is 1.82. The monoisotopic (exact) mass is 251 g/mol. The Morgan fingerprint density at radius 3 is 2.63 bits per heavy atom. The van der Waals surface area contributed by atoms with Crippen molar-refractivity contribution in [1.29, 1.82) is 5.26 Å². The summed E-state index contributed by atoms with van der Waals surface area (Å²) >= 11 is 0. The van der Waals surface area contributed by atoms with Crippen molar-refractivity contribution in [3.05, 3.63) is 29.6 Å². The zero-order valence-corrected chi connectivity index (χ0v) is 11.1. The van der Waals surface area contributed by atoms with Crippen LogP contribution >= 0.6 is 0 Å². The summed E-state index contributed by atoms with van der Waals surface area (Å²) in [4.78, 5) is 6.64. The zero-order valence-electron chi connectivity index (χ0n) is 11.1. The molecule has 0 unspecified atom stereocenters. The molecule has 0 aliphatic carbocycles. The lowest BCUT2D eigenvalue weighted by molar-refractivity contribution is 0.135. The molecule has 1 aromatic rings. The summed E-state index contributed by atoms with van der Waals surface area (Å²) in [6, 6.07) is 5.57. The fourth-order valence-corrected chi connectivity index (χ4v) is 3.64. The molecule has 3 nitrogen and oxygen atoms in total. The molecule has 0 amide bonds. The highest BCUT2D eigenvalue weighted by Gasteiger charge is 2.48. The first-order valence-electron chi connectivity index (χ1n) is 6.74. The van der Waals surface area contributed by atoms with Gasteiger partial charge >= 0.3 is 0 Å². The van der Waals surface area contributed by atoms with Gasteiger partial charge in [0.2, 0.25) is 0 Å². The molecule has 2 aliphatic heterocycles. The number of nitriles is 1. The number of pyridine rings is 1. The maximum atomic E-state index is 9.76. The molecule has 0 aromatic carbocycles. The highest BCUT2D eigenvalue weighted by atomic mass is 15.2. The number of hydrogen-bond donors (Lipinski definition) is 0. The lowest BCUT2D eigenvalue weighted by Crippen LogP contribution is -2.47. The molecule has 3 heteroatoms. The van der Waals surface area contributed by atoms with Gasteiger partial charge in [-0.05, 0) is 44.4 Å². The van der Waals surface area contributed by atoms with Crippen molar-refractivity contribution in [1.82, 2.24) is 9.88 Å². The van der Waals surface area contributed by atoms with E-state index >= 15 is 0 Å². The van der Waals surface area contributed by atoms with Gasteiger partial charge in [-0.3, -0.25) is 4.98 Å². The fourth-order valence-electron chi connectivity index (χ4n) is 3.64. The summed E-state index contributed by atoms with van der Waals surface area (Å²) in [5.41, 5.74) is 1.35. The van der Waals surface area contributed by atoms with Gasteiger partial charge in [-0.2, -0.15) is 5.26 Å². The molecule has 2 bridgehead atoms. The highest BCUT2D eigenvalue weighted by molar-refractivity contribution is 5.40. The van der Waals surface area contributed by atoms with Crippen LogP contribution in [0.1, 0.15) is 36.8 Å². The van der Waals surface area contributed by atoms with Crippen LogP contribution in [0.2, 0.25) is 0 Å². The van der Waals surface area contributed by atoms with Gasteiger partial charge in [-0.15, -0.1) is 6.42 Å². The quantitative estimate of drug-likeness (QED) is 0.717. The standard InChI is InChI=1S/C16H17N3/c1-3-12-6-13(10-18-9-12)16(11-17)7-14-4-5-15(8-16)19(14)2/h1,6,9-10,14-15H,4-5,7-8H2,2H3/t14-,15+,16-. The summed E-state index contributed by atoms with van der Waals surface area (Å²) in [7, 11) is 2.18. The van der Waals surface area contributed by atoms with E-state index in [-0.39, 0.29) is 0 Å². The molecule has 0 N–H and O–H groups in total. The van der Waals surface area contributed by atoms with E-state index in [1.165, 1.54) is 12.8 Å². The van der Waals surface area contributed by atoms with Gasteiger partial charge in [-0.1, -0.05) is 5.92 Å². The number of hydrogen-bond acceptors (Lipinski definition) is 3. The first-order chi connectivity index (χ1) is 9.18. The van der Waals surface area contributed by atoms with E-state index in [1.54, 1.807) is 6.20 Å². The zero-order chi connectivity index (χ0) is 13.5. The Bertz CT molecular complexity index is 564. The molecular formula is C16H17N3. The van der Waals surface area contributed by atoms with Gasteiger partial charge in [0, 0.05) is 30.0 Å². The average Bonchev–Trinajstić information content (AvgIpc) is 2.69. The minimum atomic E-state index is -0.405. The Kier molecular flexibility index (Phi) is 2.81. The Labute approximate surface area is 114 Å². The fraction of sp³-hybridized carbons (Fsp3) is 0.500. The van der Waals surface area contributed by atoms with Crippen LogP contribution in [0, 0.1) is 23.7 Å². The van der Waals surface area contributed by atoms with Crippen LogP contribution in [0.5, 0.6) is 0 Å². The van der Waals surface area contributed by atoms with Crippen molar-refractivity contribution in [2.75, 3.05) is 7.05 Å². The van der Waals surface area contributed by atoms with Crippen LogP contribution in [-0.4, -0.2) is 29.0 Å². The van der Waals surface area contributed by atoms with Crippen LogP contribution in [0.3, 0.4) is 0 Å². The van der Waals surface area contributed by atoms with E-state index in [4.69, 9.17) is 6.42 Å². The van der Waals surface area contributed by atoms with Gasteiger partial charge in [0.1, 0.15) is 0 Å². The molecule has 1 aromatic heterocycles. The molecule has 19 heavy (non-hydrogen) atoms. The Morgan fingerprint density at radius 2 is 2.05 bits per heavy atom. The Hall–Kier alpha value is -1.84. The number of aromatic nitrogens is 1. The van der Waals surface area contributed by atoms with Crippen molar-refractivity contribution < 1.29 is 0 Å². The van der Waals surface area contributed by atoms with Gasteiger partial charge < -0.3 is 4.90 Å². The lowest BCUT2D eigenvalue weighted by Gasteiger charge is -2.41. The highest BCUT2D eigenvalue weighted by Crippen LogP contribution is 2.46. The van der Waals surface area contributed by atoms with Crippen LogP contribution in [0.15, 0.2) is 18.5 Å². The van der Waals surface area contributed by atoms with Crippen molar-refractivity contribution in [2.24, 2.45) is 0 Å². The van der Waals surface area contributed by atoms with Gasteiger partial charge in [-0.25, -0.2) is 0 Å². The summed E-state index contributed by atoms with van der Waals surface area (Å²) in [6.45, 7) is 0. The van der Waals surface area contributed by atoms with Crippen molar-refractivity contribution in [3.63, 3.8) is 0 Å². The van der Waals surface area contributed by atoms with Crippen molar-refractivity contribution in [3.8, 4) is 18.4 Å². The van der Waals surface area contributed by atoms with Gasteiger partial charge in [0.05, 0.1) is 11.5 Å². The molecule has 3 rings (SSSR count). The van der Waals surface area contributed by atoms with Crippen molar-refractivity contribution in [2.45, 2.75) is 43.2 Å². The lowest BCUT2D eigenvalue weighted by atomic mass is 9.71.